The van der Waals surface area contributed by atoms with Crippen LogP contribution in [0.4, 0.5) is 9.18 Å². The Bertz CT molecular complexity index is 880. The molecule has 164 valence electrons. The Labute approximate surface area is 179 Å². The van der Waals surface area contributed by atoms with Gasteiger partial charge in [-0.15, -0.1) is 0 Å². The zero-order valence-electron chi connectivity index (χ0n) is 17.0. The highest BCUT2D eigenvalue weighted by Crippen LogP contribution is 2.27. The van der Waals surface area contributed by atoms with E-state index in [0.29, 0.717) is 12.8 Å². The van der Waals surface area contributed by atoms with Crippen molar-refractivity contribution in [2.75, 3.05) is 6.67 Å². The Kier molecular flexibility index (Phi) is 8.23. The van der Waals surface area contributed by atoms with Crippen molar-refractivity contribution in [3.63, 3.8) is 0 Å². The van der Waals surface area contributed by atoms with Gasteiger partial charge >= 0.3 is 6.09 Å². The van der Waals surface area contributed by atoms with Crippen LogP contribution in [0.2, 0.25) is 0 Å². The maximum absolute atomic E-state index is 14.2. The predicted octanol–water partition coefficient (Wildman–Crippen LogP) is 4.34. The number of hydrogen-bond acceptors (Lipinski definition) is 5. The molecule has 1 heterocycles. The summed E-state index contributed by atoms with van der Waals surface area (Å²) in [5.41, 5.74) is 10.2. The number of benzene rings is 2. The van der Waals surface area contributed by atoms with Gasteiger partial charge in [0.2, 0.25) is 0 Å². The standard InChI is InChI=1S/C22H25FN4O4/c23-13-19(20-12-11-18(25-26-24)21(28)31-20)27(14-16-7-3-1-4-8-16)22(29)30-15-17-9-5-2-6-10-17/h1-10,18-21,28H,11-15H2/t18?,19-,20+,21?/m1/s1. The van der Waals surface area contributed by atoms with E-state index in [2.05, 4.69) is 10.0 Å². The number of nitrogens with zero attached hydrogens (tertiary/aromatic N) is 4. The lowest BCUT2D eigenvalue weighted by atomic mass is 9.98. The van der Waals surface area contributed by atoms with Crippen LogP contribution in [0.1, 0.15) is 24.0 Å². The van der Waals surface area contributed by atoms with Crippen LogP contribution in [0.25, 0.3) is 10.4 Å². The van der Waals surface area contributed by atoms with Crippen LogP contribution in [-0.4, -0.2) is 47.3 Å². The Morgan fingerprint density at radius 1 is 1.19 bits per heavy atom. The van der Waals surface area contributed by atoms with Crippen molar-refractivity contribution in [1.82, 2.24) is 4.90 Å². The van der Waals surface area contributed by atoms with Gasteiger partial charge in [0.25, 0.3) is 0 Å². The highest BCUT2D eigenvalue weighted by atomic mass is 19.1. The fourth-order valence-corrected chi connectivity index (χ4v) is 3.56. The molecule has 0 saturated carbocycles. The lowest BCUT2D eigenvalue weighted by Crippen LogP contribution is -2.53. The molecule has 0 bridgehead atoms. The van der Waals surface area contributed by atoms with Gasteiger partial charge in [-0.2, -0.15) is 0 Å². The summed E-state index contributed by atoms with van der Waals surface area (Å²) in [6.07, 6.45) is -2.15. The molecule has 0 spiro atoms. The van der Waals surface area contributed by atoms with Crippen molar-refractivity contribution < 1.29 is 23.8 Å². The Balaban J connectivity index is 1.76. The molecule has 1 aliphatic rings. The number of halogens is 1. The monoisotopic (exact) mass is 428 g/mol. The number of aliphatic hydroxyl groups excluding tert-OH is 1. The van der Waals surface area contributed by atoms with Crippen molar-refractivity contribution in [2.45, 2.75) is 50.5 Å². The number of aliphatic hydroxyl groups is 1. The summed E-state index contributed by atoms with van der Waals surface area (Å²) in [6.45, 7) is -0.702. The highest BCUT2D eigenvalue weighted by molar-refractivity contribution is 5.68. The quantitative estimate of drug-likeness (QED) is 0.383. The summed E-state index contributed by atoms with van der Waals surface area (Å²) in [4.78, 5) is 17.0. The minimum atomic E-state index is -1.36. The van der Waals surface area contributed by atoms with Crippen LogP contribution in [0.15, 0.2) is 65.8 Å². The molecule has 1 N–H and O–H groups in total. The van der Waals surface area contributed by atoms with Gasteiger partial charge in [-0.25, -0.2) is 9.18 Å². The molecule has 4 atom stereocenters. The van der Waals surface area contributed by atoms with Crippen LogP contribution in [-0.2, 0) is 22.6 Å². The van der Waals surface area contributed by atoms with E-state index >= 15 is 0 Å². The number of hydrogen-bond donors (Lipinski definition) is 1. The first-order valence-corrected chi connectivity index (χ1v) is 10.1. The molecule has 9 heteroatoms. The van der Waals surface area contributed by atoms with Crippen molar-refractivity contribution >= 4 is 6.09 Å². The normalized spacial score (nSPS) is 21.5. The average Bonchev–Trinajstić information content (AvgIpc) is 2.80. The topological polar surface area (TPSA) is 108 Å². The van der Waals surface area contributed by atoms with E-state index < -0.39 is 37.2 Å². The molecule has 2 aromatic carbocycles. The Morgan fingerprint density at radius 3 is 2.42 bits per heavy atom. The van der Waals surface area contributed by atoms with Crippen LogP contribution >= 0.6 is 0 Å². The lowest BCUT2D eigenvalue weighted by molar-refractivity contribution is -0.189. The molecular formula is C22H25FN4O4. The molecule has 0 aromatic heterocycles. The minimum absolute atomic E-state index is 0.0527. The van der Waals surface area contributed by atoms with Gasteiger partial charge in [0.1, 0.15) is 13.3 Å². The largest absolute Gasteiger partial charge is 0.445 e. The molecule has 2 unspecified atom stereocenters. The SMILES string of the molecule is [N-]=[N+]=NC1CC[C@@H]([C@@H](CF)N(Cc2ccccc2)C(=O)OCc2ccccc2)OC1O. The van der Waals surface area contributed by atoms with E-state index in [1.54, 1.807) is 0 Å². The number of alkyl halides is 1. The molecule has 0 radical (unpaired) electrons. The van der Waals surface area contributed by atoms with E-state index in [-0.39, 0.29) is 13.2 Å². The van der Waals surface area contributed by atoms with Gasteiger partial charge in [0, 0.05) is 11.5 Å². The van der Waals surface area contributed by atoms with E-state index in [4.69, 9.17) is 15.0 Å². The molecule has 1 amide bonds. The van der Waals surface area contributed by atoms with Crippen LogP contribution in [0.5, 0.6) is 0 Å². The van der Waals surface area contributed by atoms with Crippen molar-refractivity contribution in [3.8, 4) is 0 Å². The number of azide groups is 1. The minimum Gasteiger partial charge on any atom is -0.445 e. The molecule has 3 rings (SSSR count). The second-order valence-electron chi connectivity index (χ2n) is 7.29. The van der Waals surface area contributed by atoms with E-state index in [1.165, 1.54) is 4.90 Å². The summed E-state index contributed by atoms with van der Waals surface area (Å²) in [7, 11) is 0. The summed E-state index contributed by atoms with van der Waals surface area (Å²) < 4.78 is 25.2. The molecule has 0 aliphatic carbocycles. The third-order valence-electron chi connectivity index (χ3n) is 5.21. The first-order valence-electron chi connectivity index (χ1n) is 10.1. The highest BCUT2D eigenvalue weighted by Gasteiger charge is 2.38. The number of rotatable bonds is 8. The molecule has 8 nitrogen and oxygen atoms in total. The van der Waals surface area contributed by atoms with E-state index in [0.717, 1.165) is 11.1 Å². The second kappa shape index (κ2) is 11.3. The van der Waals surface area contributed by atoms with Gasteiger partial charge in [-0.3, -0.25) is 4.90 Å². The smallest absolute Gasteiger partial charge is 0.410 e. The van der Waals surface area contributed by atoms with Gasteiger partial charge in [-0.05, 0) is 29.5 Å². The van der Waals surface area contributed by atoms with Crippen LogP contribution in [0, 0.1) is 0 Å². The summed E-state index contributed by atoms with van der Waals surface area (Å²) >= 11 is 0. The molecule has 31 heavy (non-hydrogen) atoms. The summed E-state index contributed by atoms with van der Waals surface area (Å²) in [5, 5.41) is 13.6. The van der Waals surface area contributed by atoms with Gasteiger partial charge in [0.15, 0.2) is 6.29 Å². The molecule has 1 fully saturated rings. The first-order chi connectivity index (χ1) is 15.1. The summed E-state index contributed by atoms with van der Waals surface area (Å²) in [5.74, 6) is 0. The maximum atomic E-state index is 14.2. The third-order valence-corrected chi connectivity index (χ3v) is 5.21. The fourth-order valence-electron chi connectivity index (χ4n) is 3.56. The van der Waals surface area contributed by atoms with E-state index in [1.807, 2.05) is 60.7 Å². The maximum Gasteiger partial charge on any atom is 0.410 e. The average molecular weight is 428 g/mol. The molecule has 1 saturated heterocycles. The van der Waals surface area contributed by atoms with Gasteiger partial charge in [0.05, 0.1) is 18.2 Å². The van der Waals surface area contributed by atoms with Crippen LogP contribution in [0.3, 0.4) is 0 Å². The Morgan fingerprint density at radius 2 is 1.84 bits per heavy atom. The predicted molar refractivity (Wildman–Crippen MR) is 111 cm³/mol. The van der Waals surface area contributed by atoms with E-state index in [9.17, 15) is 14.3 Å². The molecule has 2 aromatic rings. The second-order valence-corrected chi connectivity index (χ2v) is 7.29. The number of carbonyl (C=O) groups excluding carboxylic acids is 1. The number of amides is 1. The lowest BCUT2D eigenvalue weighted by Gasteiger charge is -2.39. The number of carbonyl (C=O) groups is 1. The molecule has 1 aliphatic heterocycles. The zero-order valence-corrected chi connectivity index (χ0v) is 17.0. The van der Waals surface area contributed by atoms with Crippen molar-refractivity contribution in [3.05, 3.63) is 82.2 Å². The van der Waals surface area contributed by atoms with Gasteiger partial charge in [-0.1, -0.05) is 65.8 Å². The van der Waals surface area contributed by atoms with Crippen molar-refractivity contribution in [1.29, 1.82) is 0 Å². The van der Waals surface area contributed by atoms with Crippen molar-refractivity contribution in [2.24, 2.45) is 5.11 Å². The van der Waals surface area contributed by atoms with Gasteiger partial charge < -0.3 is 14.6 Å². The summed E-state index contributed by atoms with van der Waals surface area (Å²) in [6, 6.07) is 16.7. The first kappa shape index (κ1) is 22.6. The fraction of sp³-hybridized carbons (Fsp3) is 0.409. The number of ether oxygens (including phenoxy) is 2. The third kappa shape index (κ3) is 6.18. The zero-order chi connectivity index (χ0) is 22.1. The van der Waals surface area contributed by atoms with Crippen LogP contribution < -0.4 is 0 Å². The Hall–Kier alpha value is -3.13. The molecular weight excluding hydrogens is 403 g/mol.